The molecule has 0 radical (unpaired) electrons. The fourth-order valence-electron chi connectivity index (χ4n) is 1.11. The first-order valence-electron chi connectivity index (χ1n) is 3.94. The van der Waals surface area contributed by atoms with Crippen molar-refractivity contribution in [2.75, 3.05) is 0 Å². The van der Waals surface area contributed by atoms with Crippen molar-refractivity contribution >= 4 is 17.0 Å². The van der Waals surface area contributed by atoms with Gasteiger partial charge in [0.15, 0.2) is 0 Å². The van der Waals surface area contributed by atoms with Crippen molar-refractivity contribution in [3.63, 3.8) is 0 Å². The molecule has 0 aliphatic carbocycles. The average molecular weight is 223 g/mol. The van der Waals surface area contributed by atoms with Gasteiger partial charge in [-0.05, 0) is 0 Å². The van der Waals surface area contributed by atoms with E-state index in [-0.39, 0.29) is 16.8 Å². The molecule has 7 heteroatoms. The van der Waals surface area contributed by atoms with Crippen molar-refractivity contribution in [2.24, 2.45) is 0 Å². The van der Waals surface area contributed by atoms with Gasteiger partial charge < -0.3 is 4.98 Å². The molecule has 2 heterocycles. The Morgan fingerprint density at radius 1 is 1.53 bits per heavy atom. The summed E-state index contributed by atoms with van der Waals surface area (Å²) in [4.78, 5) is 28.1. The zero-order valence-corrected chi connectivity index (χ0v) is 8.15. The zero-order valence-electron chi connectivity index (χ0n) is 7.34. The lowest BCUT2D eigenvalue weighted by molar-refractivity contribution is -0.385. The van der Waals surface area contributed by atoms with Crippen molar-refractivity contribution in [3.8, 4) is 10.4 Å². The van der Waals surface area contributed by atoms with E-state index in [1.54, 1.807) is 5.51 Å². The highest BCUT2D eigenvalue weighted by molar-refractivity contribution is 7.13. The number of aromatic amines is 1. The van der Waals surface area contributed by atoms with Crippen LogP contribution in [0.5, 0.6) is 0 Å². The summed E-state index contributed by atoms with van der Waals surface area (Å²) in [6.45, 7) is 0. The largest absolute Gasteiger partial charge is 0.322 e. The second-order valence-electron chi connectivity index (χ2n) is 2.72. The lowest BCUT2D eigenvalue weighted by Crippen LogP contribution is -2.08. The SMILES string of the molecule is O=c1[nH]cc([N+](=O)[O-])cc1-c1cncs1. The van der Waals surface area contributed by atoms with Crippen LogP contribution in [0.1, 0.15) is 0 Å². The van der Waals surface area contributed by atoms with E-state index in [4.69, 9.17) is 0 Å². The van der Waals surface area contributed by atoms with Gasteiger partial charge in [0.05, 0.1) is 27.1 Å². The monoisotopic (exact) mass is 223 g/mol. The maximum atomic E-state index is 11.4. The Labute approximate surface area is 87.4 Å². The predicted octanol–water partition coefficient (Wildman–Crippen LogP) is 1.41. The smallest absolute Gasteiger partial charge is 0.286 e. The summed E-state index contributed by atoms with van der Waals surface area (Å²) in [6, 6.07) is 1.24. The molecule has 0 bridgehead atoms. The summed E-state index contributed by atoms with van der Waals surface area (Å²) in [5.74, 6) is 0. The van der Waals surface area contributed by atoms with Gasteiger partial charge in [0.1, 0.15) is 0 Å². The summed E-state index contributed by atoms with van der Waals surface area (Å²) in [5.41, 5.74) is 1.34. The predicted molar refractivity (Wildman–Crippen MR) is 54.8 cm³/mol. The molecule has 2 aromatic heterocycles. The summed E-state index contributed by atoms with van der Waals surface area (Å²) in [6.07, 6.45) is 2.58. The number of hydrogen-bond acceptors (Lipinski definition) is 5. The molecule has 0 saturated carbocycles. The van der Waals surface area contributed by atoms with Gasteiger partial charge in [0.2, 0.25) is 0 Å². The molecular weight excluding hydrogens is 218 g/mol. The van der Waals surface area contributed by atoms with Crippen LogP contribution in [0.15, 0.2) is 28.8 Å². The second-order valence-corrected chi connectivity index (χ2v) is 3.61. The quantitative estimate of drug-likeness (QED) is 0.615. The molecule has 0 aromatic carbocycles. The van der Waals surface area contributed by atoms with Crippen LogP contribution in [0.4, 0.5) is 5.69 Å². The molecule has 1 N–H and O–H groups in total. The first-order valence-corrected chi connectivity index (χ1v) is 4.82. The fourth-order valence-corrected chi connectivity index (χ4v) is 1.75. The van der Waals surface area contributed by atoms with Gasteiger partial charge in [0, 0.05) is 12.3 Å². The zero-order chi connectivity index (χ0) is 10.8. The number of thiazole rings is 1. The number of nitro groups is 1. The Morgan fingerprint density at radius 3 is 2.93 bits per heavy atom. The van der Waals surface area contributed by atoms with E-state index in [9.17, 15) is 14.9 Å². The molecule has 0 aliphatic rings. The second kappa shape index (κ2) is 3.62. The maximum Gasteiger partial charge on any atom is 0.286 e. The Hall–Kier alpha value is -2.02. The van der Waals surface area contributed by atoms with Gasteiger partial charge in [-0.3, -0.25) is 19.9 Å². The molecule has 15 heavy (non-hydrogen) atoms. The third-order valence-corrected chi connectivity index (χ3v) is 2.60. The van der Waals surface area contributed by atoms with Crippen LogP contribution in [-0.2, 0) is 0 Å². The van der Waals surface area contributed by atoms with Crippen molar-refractivity contribution in [1.29, 1.82) is 0 Å². The van der Waals surface area contributed by atoms with Crippen LogP contribution in [-0.4, -0.2) is 14.9 Å². The van der Waals surface area contributed by atoms with Crippen molar-refractivity contribution < 1.29 is 4.92 Å². The van der Waals surface area contributed by atoms with Crippen LogP contribution < -0.4 is 5.56 Å². The highest BCUT2D eigenvalue weighted by Gasteiger charge is 2.11. The molecule has 0 aliphatic heterocycles. The molecule has 0 unspecified atom stereocenters. The number of pyridine rings is 1. The molecule has 0 fully saturated rings. The molecular formula is C8H5N3O3S. The Balaban J connectivity index is 2.61. The third kappa shape index (κ3) is 1.77. The number of nitrogens with zero attached hydrogens (tertiary/aromatic N) is 2. The van der Waals surface area contributed by atoms with E-state index >= 15 is 0 Å². The molecule has 76 valence electrons. The normalized spacial score (nSPS) is 10.1. The van der Waals surface area contributed by atoms with E-state index in [1.165, 1.54) is 23.6 Å². The van der Waals surface area contributed by atoms with E-state index < -0.39 is 4.92 Å². The Kier molecular flexibility index (Phi) is 2.30. The molecule has 6 nitrogen and oxygen atoms in total. The van der Waals surface area contributed by atoms with Gasteiger partial charge in [-0.2, -0.15) is 0 Å². The van der Waals surface area contributed by atoms with Gasteiger partial charge in [0.25, 0.3) is 11.2 Å². The van der Waals surface area contributed by atoms with Crippen LogP contribution in [0.2, 0.25) is 0 Å². The first-order chi connectivity index (χ1) is 7.18. The van der Waals surface area contributed by atoms with Gasteiger partial charge in [-0.25, -0.2) is 0 Å². The third-order valence-electron chi connectivity index (χ3n) is 1.80. The van der Waals surface area contributed by atoms with Gasteiger partial charge in [-0.15, -0.1) is 11.3 Å². The fraction of sp³-hybridized carbons (Fsp3) is 0. The highest BCUT2D eigenvalue weighted by Crippen LogP contribution is 2.22. The summed E-state index contributed by atoms with van der Waals surface area (Å²) >= 11 is 1.26. The molecule has 2 aromatic rings. The average Bonchev–Trinajstić information content (AvgIpc) is 2.71. The topological polar surface area (TPSA) is 88.9 Å². The number of rotatable bonds is 2. The number of aromatic nitrogens is 2. The van der Waals surface area contributed by atoms with Crippen LogP contribution in [0, 0.1) is 10.1 Å². The van der Waals surface area contributed by atoms with Gasteiger partial charge in [-0.1, -0.05) is 0 Å². The number of hydrogen-bond donors (Lipinski definition) is 1. The summed E-state index contributed by atoms with van der Waals surface area (Å²) < 4.78 is 0. The Morgan fingerprint density at radius 2 is 2.33 bits per heavy atom. The van der Waals surface area contributed by atoms with E-state index in [0.717, 1.165) is 6.20 Å². The summed E-state index contributed by atoms with van der Waals surface area (Å²) in [5, 5.41) is 10.5. The molecule has 2 rings (SSSR count). The van der Waals surface area contributed by atoms with E-state index in [1.807, 2.05) is 0 Å². The lowest BCUT2D eigenvalue weighted by Gasteiger charge is -1.95. The van der Waals surface area contributed by atoms with Gasteiger partial charge >= 0.3 is 0 Å². The van der Waals surface area contributed by atoms with Crippen LogP contribution >= 0.6 is 11.3 Å². The molecule has 0 spiro atoms. The maximum absolute atomic E-state index is 11.4. The number of H-pyrrole nitrogens is 1. The molecule has 0 saturated heterocycles. The lowest BCUT2D eigenvalue weighted by atomic mass is 10.2. The van der Waals surface area contributed by atoms with Crippen molar-refractivity contribution in [1.82, 2.24) is 9.97 Å². The highest BCUT2D eigenvalue weighted by atomic mass is 32.1. The van der Waals surface area contributed by atoms with E-state index in [2.05, 4.69) is 9.97 Å². The van der Waals surface area contributed by atoms with E-state index in [0.29, 0.717) is 4.88 Å². The standard InChI is InChI=1S/C8H5N3O3S/c12-8-6(7-3-9-4-15-7)1-5(2-10-8)11(13)14/h1-4H,(H,10,12). The summed E-state index contributed by atoms with van der Waals surface area (Å²) in [7, 11) is 0. The number of nitrogens with one attached hydrogen (secondary N) is 1. The van der Waals surface area contributed by atoms with Crippen LogP contribution in [0.3, 0.4) is 0 Å². The molecule has 0 amide bonds. The Bertz CT molecular complexity index is 547. The molecule has 0 atom stereocenters. The minimum atomic E-state index is -0.555. The minimum absolute atomic E-state index is 0.141. The van der Waals surface area contributed by atoms with Crippen molar-refractivity contribution in [2.45, 2.75) is 0 Å². The minimum Gasteiger partial charge on any atom is -0.322 e. The first kappa shape index (κ1) is 9.53. The van der Waals surface area contributed by atoms with Crippen molar-refractivity contribution in [3.05, 3.63) is 44.4 Å². The van der Waals surface area contributed by atoms with Crippen LogP contribution in [0.25, 0.3) is 10.4 Å².